The van der Waals surface area contributed by atoms with Gasteiger partial charge < -0.3 is 10.1 Å². The maximum Gasteiger partial charge on any atom is 0.238 e. The number of rotatable bonds is 2. The predicted octanol–water partition coefficient (Wildman–Crippen LogP) is 2.89. The fourth-order valence-electron chi connectivity index (χ4n) is 2.46. The molecule has 2 aromatic rings. The van der Waals surface area contributed by atoms with Crippen molar-refractivity contribution in [3.8, 4) is 5.75 Å². The Morgan fingerprint density at radius 2 is 2.19 bits per heavy atom. The molecule has 110 valence electrons. The molecule has 21 heavy (non-hydrogen) atoms. The molecule has 2 heterocycles. The first kappa shape index (κ1) is 14.0. The lowest BCUT2D eigenvalue weighted by molar-refractivity contribution is -0.115. The van der Waals surface area contributed by atoms with E-state index in [0.717, 1.165) is 22.6 Å². The summed E-state index contributed by atoms with van der Waals surface area (Å²) in [5.74, 6) is 1.42. The summed E-state index contributed by atoms with van der Waals surface area (Å²) in [6.07, 6.45) is 0. The maximum absolute atomic E-state index is 12.1. The zero-order valence-electron chi connectivity index (χ0n) is 12.1. The van der Waals surface area contributed by atoms with Crippen LogP contribution in [0.1, 0.15) is 29.0 Å². The molecule has 2 atom stereocenters. The molecule has 0 bridgehead atoms. The average molecular weight is 303 g/mol. The Hall–Kier alpha value is -1.95. The highest BCUT2D eigenvalue weighted by Gasteiger charge is 2.32. The van der Waals surface area contributed by atoms with Crippen molar-refractivity contribution in [3.05, 3.63) is 41.1 Å². The number of nitrogens with zero attached hydrogens (tertiary/aromatic N) is 1. The van der Waals surface area contributed by atoms with Crippen LogP contribution in [0.3, 0.4) is 0 Å². The normalized spacial score (nSPS) is 21.4. The zero-order valence-corrected chi connectivity index (χ0v) is 13.0. The highest BCUT2D eigenvalue weighted by Crippen LogP contribution is 2.45. The number of hydrogen-bond acceptors (Lipinski definition) is 4. The van der Waals surface area contributed by atoms with Gasteiger partial charge in [0.15, 0.2) is 5.82 Å². The Kier molecular flexibility index (Phi) is 3.63. The highest BCUT2D eigenvalue weighted by atomic mass is 32.2. The summed E-state index contributed by atoms with van der Waals surface area (Å²) in [5, 5.41) is 9.97. The number of benzene rings is 1. The lowest BCUT2D eigenvalue weighted by atomic mass is 10.0. The van der Waals surface area contributed by atoms with Crippen LogP contribution in [-0.2, 0) is 4.79 Å². The van der Waals surface area contributed by atoms with E-state index in [2.05, 4.69) is 21.6 Å². The number of methoxy groups -OCH3 is 1. The molecule has 0 radical (unpaired) electrons. The molecule has 1 amide bonds. The number of aryl methyl sites for hydroxylation is 1. The predicted molar refractivity (Wildman–Crippen MR) is 83.8 cm³/mol. The molecule has 2 N–H and O–H groups in total. The number of amides is 1. The summed E-state index contributed by atoms with van der Waals surface area (Å²) in [4.78, 5) is 12.1. The Balaban J connectivity index is 2.11. The minimum absolute atomic E-state index is 0.0156. The van der Waals surface area contributed by atoms with Crippen LogP contribution in [-0.4, -0.2) is 28.5 Å². The van der Waals surface area contributed by atoms with E-state index in [0.29, 0.717) is 5.82 Å². The molecule has 1 aliphatic heterocycles. The third kappa shape index (κ3) is 2.51. The standard InChI is InChI=1S/C15H17N3O2S/c1-8-12-13(10-5-4-6-11(7-10)20-3)21-9(2)15(19)16-14(12)18-17-8/h4-7,9,13H,1-3H3,(H2,16,17,18,19)/t9-,13-/m1/s1. The van der Waals surface area contributed by atoms with Gasteiger partial charge in [0.05, 0.1) is 17.6 Å². The van der Waals surface area contributed by atoms with Crippen LogP contribution in [0.2, 0.25) is 0 Å². The van der Waals surface area contributed by atoms with E-state index in [1.54, 1.807) is 18.9 Å². The summed E-state index contributed by atoms with van der Waals surface area (Å²) in [5.41, 5.74) is 3.11. The summed E-state index contributed by atoms with van der Waals surface area (Å²) < 4.78 is 5.31. The van der Waals surface area contributed by atoms with Gasteiger partial charge in [0, 0.05) is 11.3 Å². The number of thioether (sulfide) groups is 1. The van der Waals surface area contributed by atoms with Crippen LogP contribution < -0.4 is 10.1 Å². The third-order valence-corrected chi connectivity index (χ3v) is 5.01. The minimum atomic E-state index is -0.144. The molecule has 0 aliphatic carbocycles. The first-order chi connectivity index (χ1) is 10.1. The molecule has 5 nitrogen and oxygen atoms in total. The Labute approximate surface area is 127 Å². The van der Waals surface area contributed by atoms with Crippen molar-refractivity contribution in [2.75, 3.05) is 12.4 Å². The van der Waals surface area contributed by atoms with Gasteiger partial charge in [-0.05, 0) is 31.5 Å². The topological polar surface area (TPSA) is 67.0 Å². The van der Waals surface area contributed by atoms with Crippen LogP contribution in [0.25, 0.3) is 0 Å². The summed E-state index contributed by atoms with van der Waals surface area (Å²) in [6.45, 7) is 3.89. The Morgan fingerprint density at radius 1 is 1.38 bits per heavy atom. The van der Waals surface area contributed by atoms with E-state index < -0.39 is 0 Å². The second-order valence-electron chi connectivity index (χ2n) is 5.04. The highest BCUT2D eigenvalue weighted by molar-refractivity contribution is 8.01. The van der Waals surface area contributed by atoms with Gasteiger partial charge in [0.2, 0.25) is 5.91 Å². The van der Waals surface area contributed by atoms with E-state index in [4.69, 9.17) is 4.74 Å². The number of aromatic nitrogens is 2. The van der Waals surface area contributed by atoms with Gasteiger partial charge in [-0.3, -0.25) is 9.89 Å². The lowest BCUT2D eigenvalue weighted by Crippen LogP contribution is -2.21. The monoisotopic (exact) mass is 303 g/mol. The molecule has 0 fully saturated rings. The first-order valence-electron chi connectivity index (χ1n) is 6.75. The summed E-state index contributed by atoms with van der Waals surface area (Å²) in [6, 6.07) is 7.95. The number of nitrogens with one attached hydrogen (secondary N) is 2. The zero-order chi connectivity index (χ0) is 15.0. The second kappa shape index (κ2) is 5.44. The fourth-order valence-corrected chi connectivity index (χ4v) is 3.78. The van der Waals surface area contributed by atoms with Gasteiger partial charge in [-0.15, -0.1) is 11.8 Å². The van der Waals surface area contributed by atoms with Crippen LogP contribution in [0.5, 0.6) is 5.75 Å². The minimum Gasteiger partial charge on any atom is -0.497 e. The molecule has 3 rings (SSSR count). The molecule has 0 spiro atoms. The van der Waals surface area contributed by atoms with Gasteiger partial charge >= 0.3 is 0 Å². The number of aromatic amines is 1. The number of anilines is 1. The third-order valence-electron chi connectivity index (χ3n) is 3.60. The van der Waals surface area contributed by atoms with Gasteiger partial charge in [-0.2, -0.15) is 5.10 Å². The molecule has 1 aliphatic rings. The van der Waals surface area contributed by atoms with E-state index in [1.807, 2.05) is 32.0 Å². The van der Waals surface area contributed by atoms with Crippen molar-refractivity contribution < 1.29 is 9.53 Å². The summed E-state index contributed by atoms with van der Waals surface area (Å²) in [7, 11) is 1.65. The van der Waals surface area contributed by atoms with Crippen molar-refractivity contribution in [2.45, 2.75) is 24.3 Å². The van der Waals surface area contributed by atoms with Gasteiger partial charge in [0.1, 0.15) is 5.75 Å². The summed E-state index contributed by atoms with van der Waals surface area (Å²) >= 11 is 1.62. The molecular weight excluding hydrogens is 286 g/mol. The number of carbonyl (C=O) groups is 1. The molecule has 0 unspecified atom stereocenters. The van der Waals surface area contributed by atoms with Gasteiger partial charge in [-0.25, -0.2) is 0 Å². The number of carbonyl (C=O) groups excluding carboxylic acids is 1. The number of hydrogen-bond donors (Lipinski definition) is 2. The maximum atomic E-state index is 12.1. The first-order valence-corrected chi connectivity index (χ1v) is 7.69. The van der Waals surface area contributed by atoms with Crippen molar-refractivity contribution in [1.82, 2.24) is 10.2 Å². The number of fused-ring (bicyclic) bond motifs is 1. The van der Waals surface area contributed by atoms with Gasteiger partial charge in [-0.1, -0.05) is 12.1 Å². The van der Waals surface area contributed by atoms with E-state index in [9.17, 15) is 4.79 Å². The quantitative estimate of drug-likeness (QED) is 0.895. The van der Waals surface area contributed by atoms with Crippen LogP contribution in [0.4, 0.5) is 5.82 Å². The largest absolute Gasteiger partial charge is 0.497 e. The molecule has 1 aromatic carbocycles. The van der Waals surface area contributed by atoms with E-state index in [1.165, 1.54) is 0 Å². The van der Waals surface area contributed by atoms with Gasteiger partial charge in [0.25, 0.3) is 0 Å². The smallest absolute Gasteiger partial charge is 0.238 e. The van der Waals surface area contributed by atoms with E-state index >= 15 is 0 Å². The van der Waals surface area contributed by atoms with Crippen molar-refractivity contribution >= 4 is 23.5 Å². The molecule has 1 aromatic heterocycles. The molecule has 0 saturated carbocycles. The molecule has 6 heteroatoms. The van der Waals surface area contributed by atoms with E-state index in [-0.39, 0.29) is 16.4 Å². The van der Waals surface area contributed by atoms with Crippen molar-refractivity contribution in [2.24, 2.45) is 0 Å². The Bertz CT molecular complexity index is 683. The second-order valence-corrected chi connectivity index (χ2v) is 6.49. The SMILES string of the molecule is COc1cccc([C@H]2S[C@H](C)C(=O)Nc3n[nH]c(C)c32)c1. The fraction of sp³-hybridized carbons (Fsp3) is 0.333. The van der Waals surface area contributed by atoms with Crippen molar-refractivity contribution in [3.63, 3.8) is 0 Å². The number of H-pyrrole nitrogens is 1. The van der Waals surface area contributed by atoms with Crippen LogP contribution in [0, 0.1) is 6.92 Å². The molecular formula is C15H17N3O2S. The average Bonchev–Trinajstić information content (AvgIpc) is 2.78. The number of ether oxygens (including phenoxy) is 1. The van der Waals surface area contributed by atoms with Crippen LogP contribution >= 0.6 is 11.8 Å². The molecule has 0 saturated heterocycles. The van der Waals surface area contributed by atoms with Crippen molar-refractivity contribution in [1.29, 1.82) is 0 Å². The lowest BCUT2D eigenvalue weighted by Gasteiger charge is -2.18. The van der Waals surface area contributed by atoms with Crippen LogP contribution in [0.15, 0.2) is 24.3 Å². The Morgan fingerprint density at radius 3 is 2.95 bits per heavy atom.